The van der Waals surface area contributed by atoms with Crippen LogP contribution in [0.2, 0.25) is 0 Å². The lowest BCUT2D eigenvalue weighted by Crippen LogP contribution is -2.17. The van der Waals surface area contributed by atoms with Crippen LogP contribution in [0.5, 0.6) is 0 Å². The van der Waals surface area contributed by atoms with Crippen LogP contribution in [0.4, 0.5) is 15.8 Å². The van der Waals surface area contributed by atoms with Gasteiger partial charge >= 0.3 is 0 Å². The second kappa shape index (κ2) is 8.31. The lowest BCUT2D eigenvalue weighted by atomic mass is 10.2. The van der Waals surface area contributed by atoms with Crippen molar-refractivity contribution >= 4 is 23.2 Å². The fourth-order valence-corrected chi connectivity index (χ4v) is 3.10. The third-order valence-electron chi connectivity index (χ3n) is 4.70. The van der Waals surface area contributed by atoms with Gasteiger partial charge in [0.25, 0.3) is 5.91 Å². The van der Waals surface area contributed by atoms with Gasteiger partial charge in [-0.15, -0.1) is 0 Å². The number of hydrogen-bond donors (Lipinski definition) is 2. The maximum absolute atomic E-state index is 13.2. The minimum Gasteiger partial charge on any atom is -0.326 e. The first-order valence-corrected chi connectivity index (χ1v) is 9.43. The maximum atomic E-state index is 13.2. The molecule has 3 aromatic rings. The Kier molecular flexibility index (Phi) is 5.82. The molecule has 5 nitrogen and oxygen atoms in total. The van der Waals surface area contributed by atoms with Gasteiger partial charge in [0.05, 0.1) is 5.56 Å². The molecule has 0 fully saturated rings. The van der Waals surface area contributed by atoms with Crippen LogP contribution in [0.25, 0.3) is 5.69 Å². The monoisotopic (exact) mass is 393 g/mol. The summed E-state index contributed by atoms with van der Waals surface area (Å²) in [5.41, 5.74) is 4.30. The number of benzene rings is 2. The number of hydrogen-bond acceptors (Lipinski definition) is 2. The fourth-order valence-electron chi connectivity index (χ4n) is 3.10. The second-order valence-electron chi connectivity index (χ2n) is 7.27. The summed E-state index contributed by atoms with van der Waals surface area (Å²) >= 11 is 0. The van der Waals surface area contributed by atoms with E-state index in [2.05, 4.69) is 10.6 Å². The van der Waals surface area contributed by atoms with Gasteiger partial charge in [-0.25, -0.2) is 4.39 Å². The predicted molar refractivity (Wildman–Crippen MR) is 113 cm³/mol. The van der Waals surface area contributed by atoms with E-state index in [1.165, 1.54) is 12.1 Å². The van der Waals surface area contributed by atoms with E-state index in [4.69, 9.17) is 0 Å². The standard InChI is InChI=1S/C23H24FN3O2/c1-14(2)22(28)25-18-7-9-19(10-8-18)26-23(29)21-13-15(3)27(16(21)4)20-11-5-17(24)6-12-20/h5-14H,1-4H3,(H,25,28)(H,26,29). The van der Waals surface area contributed by atoms with Crippen LogP contribution in [0.3, 0.4) is 0 Å². The number of nitrogens with one attached hydrogen (secondary N) is 2. The Bertz CT molecular complexity index is 1040. The zero-order valence-electron chi connectivity index (χ0n) is 16.9. The Labute approximate surface area is 169 Å². The topological polar surface area (TPSA) is 63.1 Å². The summed E-state index contributed by atoms with van der Waals surface area (Å²) in [6.07, 6.45) is 0. The minimum atomic E-state index is -0.304. The first-order chi connectivity index (χ1) is 13.8. The number of anilines is 2. The zero-order chi connectivity index (χ0) is 21.1. The van der Waals surface area contributed by atoms with Gasteiger partial charge in [0.1, 0.15) is 5.82 Å². The lowest BCUT2D eigenvalue weighted by molar-refractivity contribution is -0.118. The SMILES string of the molecule is Cc1cc(C(=O)Nc2ccc(NC(=O)C(C)C)cc2)c(C)n1-c1ccc(F)cc1. The number of carbonyl (C=O) groups excluding carboxylic acids is 2. The van der Waals surface area contributed by atoms with Crippen molar-refractivity contribution < 1.29 is 14.0 Å². The molecule has 3 rings (SSSR count). The van der Waals surface area contributed by atoms with E-state index < -0.39 is 0 Å². The summed E-state index contributed by atoms with van der Waals surface area (Å²) in [5.74, 6) is -0.701. The summed E-state index contributed by atoms with van der Waals surface area (Å²) in [4.78, 5) is 24.5. The number of aromatic nitrogens is 1. The number of aryl methyl sites for hydroxylation is 1. The lowest BCUT2D eigenvalue weighted by Gasteiger charge is -2.11. The van der Waals surface area contributed by atoms with Crippen molar-refractivity contribution in [2.45, 2.75) is 27.7 Å². The molecular formula is C23H24FN3O2. The third-order valence-corrected chi connectivity index (χ3v) is 4.70. The molecule has 2 aromatic carbocycles. The molecule has 0 radical (unpaired) electrons. The van der Waals surface area contributed by atoms with Crippen molar-refractivity contribution in [3.8, 4) is 5.69 Å². The summed E-state index contributed by atoms with van der Waals surface area (Å²) in [7, 11) is 0. The maximum Gasteiger partial charge on any atom is 0.257 e. The Balaban J connectivity index is 1.77. The number of amides is 2. The Morgan fingerprint density at radius 2 is 1.45 bits per heavy atom. The molecule has 0 bridgehead atoms. The normalized spacial score (nSPS) is 10.8. The van der Waals surface area contributed by atoms with Crippen LogP contribution in [-0.4, -0.2) is 16.4 Å². The van der Waals surface area contributed by atoms with E-state index in [0.717, 1.165) is 17.1 Å². The Morgan fingerprint density at radius 3 is 2.00 bits per heavy atom. The molecule has 0 aliphatic heterocycles. The van der Waals surface area contributed by atoms with Crippen molar-refractivity contribution in [3.63, 3.8) is 0 Å². The molecule has 0 unspecified atom stereocenters. The van der Waals surface area contributed by atoms with Crippen molar-refractivity contribution in [2.75, 3.05) is 10.6 Å². The molecule has 1 aromatic heterocycles. The molecule has 0 atom stereocenters. The van der Waals surface area contributed by atoms with Gasteiger partial charge < -0.3 is 15.2 Å². The first-order valence-electron chi connectivity index (χ1n) is 9.43. The number of halogens is 1. The molecule has 29 heavy (non-hydrogen) atoms. The van der Waals surface area contributed by atoms with Crippen molar-refractivity contribution in [2.24, 2.45) is 5.92 Å². The van der Waals surface area contributed by atoms with Crippen molar-refractivity contribution in [1.82, 2.24) is 4.57 Å². The number of carbonyl (C=O) groups is 2. The van der Waals surface area contributed by atoms with Crippen LogP contribution >= 0.6 is 0 Å². The van der Waals surface area contributed by atoms with Crippen LogP contribution in [-0.2, 0) is 4.79 Å². The van der Waals surface area contributed by atoms with Crippen molar-refractivity contribution in [3.05, 3.63) is 77.4 Å². The minimum absolute atomic E-state index is 0.0602. The van der Waals surface area contributed by atoms with Gasteiger partial charge in [0.15, 0.2) is 0 Å². The quantitative estimate of drug-likeness (QED) is 0.635. The van der Waals surface area contributed by atoms with E-state index in [-0.39, 0.29) is 23.5 Å². The second-order valence-corrected chi connectivity index (χ2v) is 7.27. The molecule has 150 valence electrons. The van der Waals surface area contributed by atoms with Gasteiger partial charge in [0.2, 0.25) is 5.91 Å². The number of rotatable bonds is 5. The summed E-state index contributed by atoms with van der Waals surface area (Å²) in [6, 6.07) is 14.9. The van der Waals surface area contributed by atoms with E-state index in [9.17, 15) is 14.0 Å². The summed E-state index contributed by atoms with van der Waals surface area (Å²) in [5, 5.41) is 5.69. The highest BCUT2D eigenvalue weighted by molar-refractivity contribution is 6.05. The van der Waals surface area contributed by atoms with Gasteiger partial charge in [-0.05, 0) is 68.4 Å². The zero-order valence-corrected chi connectivity index (χ0v) is 16.9. The largest absolute Gasteiger partial charge is 0.326 e. The highest BCUT2D eigenvalue weighted by Crippen LogP contribution is 2.23. The highest BCUT2D eigenvalue weighted by atomic mass is 19.1. The van der Waals surface area contributed by atoms with E-state index in [0.29, 0.717) is 16.9 Å². The molecule has 0 saturated heterocycles. The van der Waals surface area contributed by atoms with Gasteiger partial charge in [-0.2, -0.15) is 0 Å². The predicted octanol–water partition coefficient (Wildman–Crippen LogP) is 5.08. The Hall–Kier alpha value is -3.41. The molecule has 0 aliphatic carbocycles. The third kappa shape index (κ3) is 4.54. The van der Waals surface area contributed by atoms with Crippen molar-refractivity contribution in [1.29, 1.82) is 0 Å². The van der Waals surface area contributed by atoms with Crippen LogP contribution in [0, 0.1) is 25.6 Å². The summed E-state index contributed by atoms with van der Waals surface area (Å²) < 4.78 is 15.1. The molecular weight excluding hydrogens is 369 g/mol. The fraction of sp³-hybridized carbons (Fsp3) is 0.217. The van der Waals surface area contributed by atoms with Crippen LogP contribution in [0.1, 0.15) is 35.6 Å². The molecule has 1 heterocycles. The average molecular weight is 393 g/mol. The Morgan fingerprint density at radius 1 is 0.897 bits per heavy atom. The molecule has 6 heteroatoms. The number of nitrogens with zero attached hydrogens (tertiary/aromatic N) is 1. The van der Waals surface area contributed by atoms with E-state index in [1.807, 2.05) is 38.3 Å². The smallest absolute Gasteiger partial charge is 0.257 e. The van der Waals surface area contributed by atoms with Gasteiger partial charge in [-0.3, -0.25) is 9.59 Å². The summed E-state index contributed by atoms with van der Waals surface area (Å²) in [6.45, 7) is 7.41. The molecule has 2 N–H and O–H groups in total. The van der Waals surface area contributed by atoms with Crippen LogP contribution in [0.15, 0.2) is 54.6 Å². The highest BCUT2D eigenvalue weighted by Gasteiger charge is 2.17. The molecule has 0 saturated carbocycles. The van der Waals surface area contributed by atoms with Gasteiger partial charge in [-0.1, -0.05) is 13.8 Å². The van der Waals surface area contributed by atoms with E-state index >= 15 is 0 Å². The van der Waals surface area contributed by atoms with Gasteiger partial charge in [0, 0.05) is 34.4 Å². The molecule has 0 aliphatic rings. The van der Waals surface area contributed by atoms with Crippen LogP contribution < -0.4 is 10.6 Å². The first kappa shape index (κ1) is 20.3. The van der Waals surface area contributed by atoms with E-state index in [1.54, 1.807) is 36.4 Å². The average Bonchev–Trinajstić information content (AvgIpc) is 2.98. The molecule has 0 spiro atoms. The molecule has 2 amide bonds.